The van der Waals surface area contributed by atoms with Gasteiger partial charge in [-0.1, -0.05) is 6.42 Å². The van der Waals surface area contributed by atoms with E-state index in [-0.39, 0.29) is 11.9 Å². The lowest BCUT2D eigenvalue weighted by Crippen LogP contribution is -2.46. The third-order valence-electron chi connectivity index (χ3n) is 4.76. The summed E-state index contributed by atoms with van der Waals surface area (Å²) in [5, 5.41) is 7.26. The van der Waals surface area contributed by atoms with Crippen molar-refractivity contribution in [3.8, 4) is 5.69 Å². The van der Waals surface area contributed by atoms with Crippen LogP contribution < -0.4 is 5.32 Å². The zero-order valence-corrected chi connectivity index (χ0v) is 14.5. The summed E-state index contributed by atoms with van der Waals surface area (Å²) in [6.07, 6.45) is 8.37. The van der Waals surface area contributed by atoms with Crippen LogP contribution in [0.15, 0.2) is 65.5 Å². The fraction of sp³-hybridized carbons (Fsp3) is 0.300. The molecule has 0 saturated carbocycles. The van der Waals surface area contributed by atoms with Gasteiger partial charge in [0.2, 0.25) is 5.91 Å². The molecule has 0 aliphatic carbocycles. The molecule has 1 aliphatic rings. The Kier molecular flexibility index (Phi) is 4.84. The summed E-state index contributed by atoms with van der Waals surface area (Å²) in [6.45, 7) is 1.58. The smallest absolute Gasteiger partial charge is 0.241 e. The molecule has 1 fully saturated rings. The number of nitrogens with zero attached hydrogens (tertiary/aromatic N) is 3. The molecular formula is C20H22N4O2. The highest BCUT2D eigenvalue weighted by Crippen LogP contribution is 2.22. The summed E-state index contributed by atoms with van der Waals surface area (Å²) in [5.74, 6) is 0.941. The highest BCUT2D eigenvalue weighted by molar-refractivity contribution is 5.94. The lowest BCUT2D eigenvalue weighted by atomic mass is 10.0. The van der Waals surface area contributed by atoms with E-state index in [0.29, 0.717) is 6.54 Å². The molecule has 1 N–H and O–H groups in total. The predicted octanol–water partition coefficient (Wildman–Crippen LogP) is 3.46. The van der Waals surface area contributed by atoms with E-state index in [9.17, 15) is 4.79 Å². The van der Waals surface area contributed by atoms with Crippen molar-refractivity contribution in [3.05, 3.63) is 66.9 Å². The highest BCUT2D eigenvalue weighted by Gasteiger charge is 2.29. The Bertz CT molecular complexity index is 825. The van der Waals surface area contributed by atoms with Crippen LogP contribution in [-0.2, 0) is 11.3 Å². The number of nitrogens with one attached hydrogen (secondary N) is 1. The monoisotopic (exact) mass is 350 g/mol. The SMILES string of the molecule is O=C(Nc1ccc(-n2cccn2)cc1)C1CCCCN1Cc1ccco1. The van der Waals surface area contributed by atoms with E-state index in [1.807, 2.05) is 48.7 Å². The maximum absolute atomic E-state index is 12.8. The molecule has 0 bridgehead atoms. The molecule has 1 aromatic carbocycles. The summed E-state index contributed by atoms with van der Waals surface area (Å²) in [6, 6.07) is 13.3. The van der Waals surface area contributed by atoms with E-state index < -0.39 is 0 Å². The Balaban J connectivity index is 1.42. The van der Waals surface area contributed by atoms with Crippen LogP contribution in [0, 0.1) is 0 Å². The van der Waals surface area contributed by atoms with Gasteiger partial charge in [0.25, 0.3) is 0 Å². The van der Waals surface area contributed by atoms with E-state index in [0.717, 1.165) is 42.9 Å². The number of amides is 1. The van der Waals surface area contributed by atoms with Crippen LogP contribution in [0.25, 0.3) is 5.69 Å². The first-order valence-corrected chi connectivity index (χ1v) is 8.97. The van der Waals surface area contributed by atoms with Crippen LogP contribution in [0.1, 0.15) is 25.0 Å². The van der Waals surface area contributed by atoms with Crippen LogP contribution >= 0.6 is 0 Å². The summed E-state index contributed by atoms with van der Waals surface area (Å²) < 4.78 is 7.24. The minimum absolute atomic E-state index is 0.0445. The third-order valence-corrected chi connectivity index (χ3v) is 4.76. The first kappa shape index (κ1) is 16.6. The maximum atomic E-state index is 12.8. The summed E-state index contributed by atoms with van der Waals surface area (Å²) >= 11 is 0. The fourth-order valence-corrected chi connectivity index (χ4v) is 3.42. The van der Waals surface area contributed by atoms with Crippen LogP contribution in [0.5, 0.6) is 0 Å². The third kappa shape index (κ3) is 3.70. The molecule has 3 heterocycles. The number of rotatable bonds is 5. The number of piperidine rings is 1. The van der Waals surface area contributed by atoms with Gasteiger partial charge in [0.15, 0.2) is 0 Å². The van der Waals surface area contributed by atoms with E-state index in [1.54, 1.807) is 17.1 Å². The molecule has 26 heavy (non-hydrogen) atoms. The van der Waals surface area contributed by atoms with Crippen molar-refractivity contribution in [1.82, 2.24) is 14.7 Å². The zero-order chi connectivity index (χ0) is 17.8. The van der Waals surface area contributed by atoms with Crippen molar-refractivity contribution in [2.75, 3.05) is 11.9 Å². The summed E-state index contributed by atoms with van der Waals surface area (Å²) in [7, 11) is 0. The number of hydrogen-bond acceptors (Lipinski definition) is 4. The molecule has 4 rings (SSSR count). The van der Waals surface area contributed by atoms with Gasteiger partial charge in [0, 0.05) is 18.1 Å². The Labute approximate surface area is 152 Å². The maximum Gasteiger partial charge on any atom is 0.241 e. The molecular weight excluding hydrogens is 328 g/mol. The van der Waals surface area contributed by atoms with Gasteiger partial charge in [-0.2, -0.15) is 5.10 Å². The Morgan fingerprint density at radius 3 is 2.81 bits per heavy atom. The number of benzene rings is 1. The van der Waals surface area contributed by atoms with Gasteiger partial charge in [-0.05, 0) is 61.9 Å². The largest absolute Gasteiger partial charge is 0.468 e. The molecule has 134 valence electrons. The second-order valence-corrected chi connectivity index (χ2v) is 6.55. The topological polar surface area (TPSA) is 63.3 Å². The van der Waals surface area contributed by atoms with Crippen molar-refractivity contribution in [2.45, 2.75) is 31.8 Å². The standard InChI is InChI=1S/C20H22N4O2/c25-20(19-6-1-2-12-23(19)15-18-5-3-14-26-18)22-16-7-9-17(10-8-16)24-13-4-11-21-24/h3-5,7-11,13-14,19H,1-2,6,12,15H2,(H,22,25). The van der Waals surface area contributed by atoms with Crippen molar-refractivity contribution >= 4 is 11.6 Å². The summed E-state index contributed by atoms with van der Waals surface area (Å²) in [4.78, 5) is 15.0. The first-order valence-electron chi connectivity index (χ1n) is 8.97. The van der Waals surface area contributed by atoms with Crippen molar-refractivity contribution in [3.63, 3.8) is 0 Å². The number of aromatic nitrogens is 2. The molecule has 1 unspecified atom stereocenters. The number of likely N-dealkylation sites (tertiary alicyclic amines) is 1. The van der Waals surface area contributed by atoms with E-state index in [4.69, 9.17) is 4.42 Å². The van der Waals surface area contributed by atoms with Gasteiger partial charge in [0.05, 0.1) is 24.5 Å². The molecule has 0 spiro atoms. The fourth-order valence-electron chi connectivity index (χ4n) is 3.42. The van der Waals surface area contributed by atoms with Crippen molar-refractivity contribution in [2.24, 2.45) is 0 Å². The highest BCUT2D eigenvalue weighted by atomic mass is 16.3. The van der Waals surface area contributed by atoms with Crippen molar-refractivity contribution < 1.29 is 9.21 Å². The molecule has 1 aliphatic heterocycles. The quantitative estimate of drug-likeness (QED) is 0.765. The van der Waals surface area contributed by atoms with Gasteiger partial charge >= 0.3 is 0 Å². The zero-order valence-electron chi connectivity index (χ0n) is 14.5. The molecule has 1 atom stereocenters. The van der Waals surface area contributed by atoms with Crippen LogP contribution in [-0.4, -0.2) is 33.2 Å². The van der Waals surface area contributed by atoms with Gasteiger partial charge in [-0.15, -0.1) is 0 Å². The number of hydrogen-bond donors (Lipinski definition) is 1. The first-order chi connectivity index (χ1) is 12.8. The Morgan fingerprint density at radius 1 is 1.19 bits per heavy atom. The molecule has 1 saturated heterocycles. The lowest BCUT2D eigenvalue weighted by Gasteiger charge is -2.34. The molecule has 2 aromatic heterocycles. The Morgan fingerprint density at radius 2 is 2.08 bits per heavy atom. The number of furan rings is 1. The minimum atomic E-state index is -0.125. The molecule has 6 heteroatoms. The summed E-state index contributed by atoms with van der Waals surface area (Å²) in [5.41, 5.74) is 1.76. The molecule has 3 aromatic rings. The number of anilines is 1. The molecule has 6 nitrogen and oxygen atoms in total. The normalized spacial score (nSPS) is 17.9. The van der Waals surface area contributed by atoms with E-state index in [2.05, 4.69) is 15.3 Å². The molecule has 1 amide bonds. The minimum Gasteiger partial charge on any atom is -0.468 e. The van der Waals surface area contributed by atoms with Gasteiger partial charge < -0.3 is 9.73 Å². The number of carbonyl (C=O) groups is 1. The Hall–Kier alpha value is -2.86. The van der Waals surface area contributed by atoms with Crippen LogP contribution in [0.2, 0.25) is 0 Å². The van der Waals surface area contributed by atoms with Crippen molar-refractivity contribution in [1.29, 1.82) is 0 Å². The average molecular weight is 350 g/mol. The lowest BCUT2D eigenvalue weighted by molar-refractivity contribution is -0.122. The van der Waals surface area contributed by atoms with E-state index in [1.165, 1.54) is 0 Å². The van der Waals surface area contributed by atoms with E-state index >= 15 is 0 Å². The van der Waals surface area contributed by atoms with Crippen LogP contribution in [0.4, 0.5) is 5.69 Å². The second kappa shape index (κ2) is 7.58. The average Bonchev–Trinajstić information content (AvgIpc) is 3.37. The van der Waals surface area contributed by atoms with Gasteiger partial charge in [-0.25, -0.2) is 4.68 Å². The number of carbonyl (C=O) groups excluding carboxylic acids is 1. The van der Waals surface area contributed by atoms with Gasteiger partial charge in [0.1, 0.15) is 5.76 Å². The van der Waals surface area contributed by atoms with Crippen LogP contribution in [0.3, 0.4) is 0 Å². The van der Waals surface area contributed by atoms with Gasteiger partial charge in [-0.3, -0.25) is 9.69 Å². The molecule has 0 radical (unpaired) electrons. The predicted molar refractivity (Wildman–Crippen MR) is 99.0 cm³/mol. The second-order valence-electron chi connectivity index (χ2n) is 6.55.